The zero-order valence-electron chi connectivity index (χ0n) is 12.3. The first-order valence-electron chi connectivity index (χ1n) is 7.56. The summed E-state index contributed by atoms with van der Waals surface area (Å²) in [6.07, 6.45) is 1.87. The number of aromatic amines is 1. The molecule has 2 fully saturated rings. The number of nitrogens with zero attached hydrogens (tertiary/aromatic N) is 1. The SMILES string of the molecule is O=C(Nc1n[nH]c2cc(F)ccc12)C12CCC(C1)S(=O)(=O)CC2. The molecule has 122 valence electrons. The molecular formula is C15H16FN3O3S. The van der Waals surface area contributed by atoms with Gasteiger partial charge in [0.05, 0.1) is 21.9 Å². The third-order valence-corrected chi connectivity index (χ3v) is 7.37. The fourth-order valence-corrected chi connectivity index (χ4v) is 5.82. The molecule has 1 aliphatic carbocycles. The summed E-state index contributed by atoms with van der Waals surface area (Å²) < 4.78 is 37.1. The summed E-state index contributed by atoms with van der Waals surface area (Å²) in [6, 6.07) is 4.18. The van der Waals surface area contributed by atoms with Crippen molar-refractivity contribution < 1.29 is 17.6 Å². The fourth-order valence-electron chi connectivity index (χ4n) is 3.76. The number of fused-ring (bicyclic) bond motifs is 3. The van der Waals surface area contributed by atoms with E-state index in [0.29, 0.717) is 42.4 Å². The molecule has 1 aliphatic heterocycles. The first-order valence-corrected chi connectivity index (χ1v) is 9.28. The van der Waals surface area contributed by atoms with Crippen LogP contribution in [0.3, 0.4) is 0 Å². The quantitative estimate of drug-likeness (QED) is 0.877. The van der Waals surface area contributed by atoms with Crippen LogP contribution >= 0.6 is 0 Å². The van der Waals surface area contributed by atoms with E-state index in [9.17, 15) is 17.6 Å². The second kappa shape index (κ2) is 4.77. The van der Waals surface area contributed by atoms with Gasteiger partial charge in [0.1, 0.15) is 5.82 Å². The van der Waals surface area contributed by atoms with Gasteiger partial charge < -0.3 is 5.32 Å². The summed E-state index contributed by atoms with van der Waals surface area (Å²) in [6.45, 7) is 0. The number of benzene rings is 1. The number of hydrogen-bond acceptors (Lipinski definition) is 4. The molecule has 2 aliphatic rings. The van der Waals surface area contributed by atoms with Crippen LogP contribution in [0, 0.1) is 11.2 Å². The van der Waals surface area contributed by atoms with Crippen LogP contribution in [0.5, 0.6) is 0 Å². The van der Waals surface area contributed by atoms with E-state index in [1.165, 1.54) is 12.1 Å². The predicted molar refractivity (Wildman–Crippen MR) is 83.2 cm³/mol. The van der Waals surface area contributed by atoms with E-state index in [0.717, 1.165) is 0 Å². The van der Waals surface area contributed by atoms with E-state index in [4.69, 9.17) is 0 Å². The normalized spacial score (nSPS) is 28.8. The summed E-state index contributed by atoms with van der Waals surface area (Å²) >= 11 is 0. The third-order valence-electron chi connectivity index (χ3n) is 5.17. The van der Waals surface area contributed by atoms with Gasteiger partial charge in [-0.15, -0.1) is 0 Å². The number of anilines is 1. The largest absolute Gasteiger partial charge is 0.308 e. The van der Waals surface area contributed by atoms with Crippen LogP contribution in [0.4, 0.5) is 10.2 Å². The Kier molecular flexibility index (Phi) is 3.03. The number of amides is 1. The van der Waals surface area contributed by atoms with Gasteiger partial charge in [-0.25, -0.2) is 12.8 Å². The van der Waals surface area contributed by atoms with Crippen molar-refractivity contribution in [3.63, 3.8) is 0 Å². The smallest absolute Gasteiger partial charge is 0.231 e. The molecule has 1 aromatic heterocycles. The van der Waals surface area contributed by atoms with Crippen LogP contribution < -0.4 is 5.32 Å². The van der Waals surface area contributed by atoms with Gasteiger partial charge in [0, 0.05) is 5.39 Å². The maximum Gasteiger partial charge on any atom is 0.231 e. The highest BCUT2D eigenvalue weighted by Crippen LogP contribution is 2.49. The Morgan fingerprint density at radius 1 is 1.39 bits per heavy atom. The minimum Gasteiger partial charge on any atom is -0.308 e. The van der Waals surface area contributed by atoms with Crippen molar-refractivity contribution in [2.24, 2.45) is 5.41 Å². The molecule has 6 nitrogen and oxygen atoms in total. The molecule has 1 aromatic carbocycles. The molecule has 0 radical (unpaired) electrons. The number of hydrogen-bond donors (Lipinski definition) is 2. The van der Waals surface area contributed by atoms with Gasteiger partial charge in [-0.2, -0.15) is 5.10 Å². The van der Waals surface area contributed by atoms with Crippen LogP contribution in [0.2, 0.25) is 0 Å². The van der Waals surface area contributed by atoms with Gasteiger partial charge in [0.15, 0.2) is 15.7 Å². The van der Waals surface area contributed by atoms with Crippen LogP contribution in [-0.4, -0.2) is 35.5 Å². The number of sulfone groups is 1. The maximum atomic E-state index is 13.2. The molecule has 1 saturated heterocycles. The number of rotatable bonds is 2. The molecule has 2 N–H and O–H groups in total. The Morgan fingerprint density at radius 2 is 2.22 bits per heavy atom. The van der Waals surface area contributed by atoms with Crippen molar-refractivity contribution in [3.05, 3.63) is 24.0 Å². The Labute approximate surface area is 132 Å². The Morgan fingerprint density at radius 3 is 3.04 bits per heavy atom. The van der Waals surface area contributed by atoms with Crippen LogP contribution in [0.15, 0.2) is 18.2 Å². The fraction of sp³-hybridized carbons (Fsp3) is 0.467. The summed E-state index contributed by atoms with van der Waals surface area (Å²) in [5, 5.41) is 9.77. The molecule has 1 amide bonds. The number of carbonyl (C=O) groups is 1. The second-order valence-corrected chi connectivity index (χ2v) is 8.88. The highest BCUT2D eigenvalue weighted by atomic mass is 32.2. The van der Waals surface area contributed by atoms with Crippen molar-refractivity contribution in [3.8, 4) is 0 Å². The van der Waals surface area contributed by atoms with Crippen LogP contribution in [-0.2, 0) is 14.6 Å². The minimum atomic E-state index is -3.05. The van der Waals surface area contributed by atoms with Crippen molar-refractivity contribution in [1.82, 2.24) is 10.2 Å². The highest BCUT2D eigenvalue weighted by Gasteiger charge is 2.53. The Hall–Kier alpha value is -1.96. The maximum absolute atomic E-state index is 13.2. The van der Waals surface area contributed by atoms with Gasteiger partial charge in [-0.05, 0) is 43.9 Å². The Balaban J connectivity index is 1.61. The first kappa shape index (κ1) is 14.6. The molecule has 2 aromatic rings. The van der Waals surface area contributed by atoms with Crippen molar-refractivity contribution in [1.29, 1.82) is 0 Å². The zero-order valence-corrected chi connectivity index (χ0v) is 13.1. The van der Waals surface area contributed by atoms with Crippen LogP contribution in [0.1, 0.15) is 25.7 Å². The van der Waals surface area contributed by atoms with Crippen molar-refractivity contribution in [2.45, 2.75) is 30.9 Å². The number of aromatic nitrogens is 2. The molecule has 1 saturated carbocycles. The average Bonchev–Trinajstić information content (AvgIpc) is 3.08. The standard InChI is InChI=1S/C15H16FN3O3S/c16-9-1-2-11-12(7-9)18-19-13(11)17-14(20)15-4-3-10(8-15)23(21,22)6-5-15/h1-2,7,10H,3-6,8H2,(H2,17,18,19,20). The van der Waals surface area contributed by atoms with Gasteiger partial charge >= 0.3 is 0 Å². The van der Waals surface area contributed by atoms with E-state index >= 15 is 0 Å². The number of carbonyl (C=O) groups excluding carboxylic acids is 1. The van der Waals surface area contributed by atoms with E-state index in [2.05, 4.69) is 15.5 Å². The predicted octanol–water partition coefficient (Wildman–Crippen LogP) is 2.00. The second-order valence-electron chi connectivity index (χ2n) is 6.48. The third kappa shape index (κ3) is 2.23. The lowest BCUT2D eigenvalue weighted by atomic mass is 9.82. The number of H-pyrrole nitrogens is 1. The molecule has 23 heavy (non-hydrogen) atoms. The van der Waals surface area contributed by atoms with E-state index in [1.54, 1.807) is 6.07 Å². The van der Waals surface area contributed by atoms with E-state index < -0.39 is 20.5 Å². The molecule has 2 atom stereocenters. The van der Waals surface area contributed by atoms with Crippen LogP contribution in [0.25, 0.3) is 10.9 Å². The lowest BCUT2D eigenvalue weighted by molar-refractivity contribution is -0.125. The topological polar surface area (TPSA) is 91.9 Å². The Bertz CT molecular complexity index is 908. The number of halogens is 1. The van der Waals surface area contributed by atoms with Crippen molar-refractivity contribution >= 4 is 32.5 Å². The molecule has 4 rings (SSSR count). The monoisotopic (exact) mass is 337 g/mol. The van der Waals surface area contributed by atoms with E-state index in [-0.39, 0.29) is 17.5 Å². The summed E-state index contributed by atoms with van der Waals surface area (Å²) in [5.41, 5.74) is -0.116. The molecule has 2 bridgehead atoms. The molecular weight excluding hydrogens is 321 g/mol. The minimum absolute atomic E-state index is 0.0671. The summed E-state index contributed by atoms with van der Waals surface area (Å²) in [4.78, 5) is 12.7. The van der Waals surface area contributed by atoms with E-state index in [1.807, 2.05) is 0 Å². The highest BCUT2D eigenvalue weighted by molar-refractivity contribution is 7.92. The van der Waals surface area contributed by atoms with Gasteiger partial charge in [-0.1, -0.05) is 0 Å². The van der Waals surface area contributed by atoms with Gasteiger partial charge in [-0.3, -0.25) is 9.89 Å². The lowest BCUT2D eigenvalue weighted by Gasteiger charge is -2.31. The average molecular weight is 337 g/mol. The molecule has 2 unspecified atom stereocenters. The van der Waals surface area contributed by atoms with Crippen molar-refractivity contribution in [2.75, 3.05) is 11.1 Å². The first-order chi connectivity index (χ1) is 10.9. The van der Waals surface area contributed by atoms with Gasteiger partial charge in [0.2, 0.25) is 5.91 Å². The summed E-state index contributed by atoms with van der Waals surface area (Å²) in [5.74, 6) is -0.143. The summed E-state index contributed by atoms with van der Waals surface area (Å²) in [7, 11) is -3.05. The molecule has 8 heteroatoms. The lowest BCUT2D eigenvalue weighted by Crippen LogP contribution is -2.41. The zero-order chi connectivity index (χ0) is 16.2. The molecule has 0 spiro atoms. The molecule has 2 heterocycles. The van der Waals surface area contributed by atoms with Gasteiger partial charge in [0.25, 0.3) is 0 Å². The number of nitrogens with one attached hydrogen (secondary N) is 2.